The molecule has 0 N–H and O–H groups in total. The van der Waals surface area contributed by atoms with Crippen LogP contribution in [0.4, 0.5) is 0 Å². The topological polar surface area (TPSA) is 44.8 Å². The van der Waals surface area contributed by atoms with E-state index in [-0.39, 0.29) is 24.1 Å². The van der Waals surface area contributed by atoms with Crippen molar-refractivity contribution in [2.24, 2.45) is 11.8 Å². The van der Waals surface area contributed by atoms with Gasteiger partial charge in [-0.25, -0.2) is 4.79 Å². The lowest BCUT2D eigenvalue weighted by Crippen LogP contribution is -2.21. The SMILES string of the molecule is COC(=O)C1=CC[C@@H]2[C@H](OC)OC[C@H]12. The molecular weight excluding hydrogens is 184 g/mol. The molecule has 2 aliphatic rings. The van der Waals surface area contributed by atoms with E-state index in [0.717, 1.165) is 12.0 Å². The molecule has 2 rings (SSSR count). The van der Waals surface area contributed by atoms with Gasteiger partial charge in [0.25, 0.3) is 0 Å². The molecule has 0 spiro atoms. The summed E-state index contributed by atoms with van der Waals surface area (Å²) in [6, 6.07) is 0. The van der Waals surface area contributed by atoms with Crippen molar-refractivity contribution in [2.45, 2.75) is 12.7 Å². The predicted molar refractivity (Wildman–Crippen MR) is 48.4 cm³/mol. The summed E-state index contributed by atoms with van der Waals surface area (Å²) in [4.78, 5) is 11.4. The van der Waals surface area contributed by atoms with E-state index in [9.17, 15) is 4.79 Å². The van der Waals surface area contributed by atoms with Gasteiger partial charge < -0.3 is 14.2 Å². The number of esters is 1. The molecule has 78 valence electrons. The van der Waals surface area contributed by atoms with Crippen LogP contribution in [0.1, 0.15) is 6.42 Å². The summed E-state index contributed by atoms with van der Waals surface area (Å²) < 4.78 is 15.3. The molecule has 1 heterocycles. The molecule has 0 radical (unpaired) electrons. The zero-order valence-electron chi connectivity index (χ0n) is 8.36. The van der Waals surface area contributed by atoms with Gasteiger partial charge in [-0.2, -0.15) is 0 Å². The van der Waals surface area contributed by atoms with Crippen LogP contribution in [0.5, 0.6) is 0 Å². The number of hydrogen-bond acceptors (Lipinski definition) is 4. The number of carbonyl (C=O) groups is 1. The van der Waals surface area contributed by atoms with E-state index >= 15 is 0 Å². The maximum Gasteiger partial charge on any atom is 0.333 e. The Morgan fingerprint density at radius 1 is 1.57 bits per heavy atom. The Balaban J connectivity index is 2.09. The van der Waals surface area contributed by atoms with Crippen molar-refractivity contribution in [1.82, 2.24) is 0 Å². The normalized spacial score (nSPS) is 35.3. The minimum atomic E-state index is -0.238. The summed E-state index contributed by atoms with van der Waals surface area (Å²) >= 11 is 0. The zero-order valence-corrected chi connectivity index (χ0v) is 8.36. The number of hydrogen-bond donors (Lipinski definition) is 0. The molecule has 0 aromatic heterocycles. The lowest BCUT2D eigenvalue weighted by atomic mass is 9.94. The molecule has 0 aromatic rings. The molecule has 0 bridgehead atoms. The van der Waals surface area contributed by atoms with Gasteiger partial charge in [0.2, 0.25) is 0 Å². The van der Waals surface area contributed by atoms with Gasteiger partial charge in [-0.1, -0.05) is 6.08 Å². The second-order valence-corrected chi connectivity index (χ2v) is 3.59. The average Bonchev–Trinajstić information content (AvgIpc) is 2.76. The molecule has 1 aliphatic carbocycles. The van der Waals surface area contributed by atoms with Crippen LogP contribution in [0.25, 0.3) is 0 Å². The molecule has 1 aliphatic heterocycles. The van der Waals surface area contributed by atoms with E-state index in [4.69, 9.17) is 14.2 Å². The summed E-state index contributed by atoms with van der Waals surface area (Å²) in [7, 11) is 3.03. The largest absolute Gasteiger partial charge is 0.466 e. The molecule has 1 fully saturated rings. The fraction of sp³-hybridized carbons (Fsp3) is 0.700. The molecule has 0 saturated carbocycles. The smallest absolute Gasteiger partial charge is 0.333 e. The third-order valence-electron chi connectivity index (χ3n) is 2.97. The van der Waals surface area contributed by atoms with Gasteiger partial charge >= 0.3 is 5.97 Å². The lowest BCUT2D eigenvalue weighted by molar-refractivity contribution is -0.136. The molecule has 3 atom stereocenters. The fourth-order valence-corrected chi connectivity index (χ4v) is 2.24. The molecular formula is C10H14O4. The van der Waals surface area contributed by atoms with Gasteiger partial charge in [0.15, 0.2) is 6.29 Å². The van der Waals surface area contributed by atoms with Gasteiger partial charge in [-0.05, 0) is 6.42 Å². The highest BCUT2D eigenvalue weighted by Gasteiger charge is 2.44. The monoisotopic (exact) mass is 198 g/mol. The van der Waals surface area contributed by atoms with Gasteiger partial charge in [-0.3, -0.25) is 0 Å². The predicted octanol–water partition coefficient (Wildman–Crippen LogP) is 0.725. The number of methoxy groups -OCH3 is 2. The van der Waals surface area contributed by atoms with Crippen LogP contribution in [0.3, 0.4) is 0 Å². The van der Waals surface area contributed by atoms with E-state index in [1.165, 1.54) is 7.11 Å². The van der Waals surface area contributed by atoms with Crippen LogP contribution >= 0.6 is 0 Å². The molecule has 14 heavy (non-hydrogen) atoms. The highest BCUT2D eigenvalue weighted by Crippen LogP contribution is 2.41. The maximum atomic E-state index is 11.4. The van der Waals surface area contributed by atoms with Crippen molar-refractivity contribution in [3.8, 4) is 0 Å². The van der Waals surface area contributed by atoms with Crippen LogP contribution in [0.2, 0.25) is 0 Å². The molecule has 1 saturated heterocycles. The number of carbonyl (C=O) groups excluding carboxylic acids is 1. The fourth-order valence-electron chi connectivity index (χ4n) is 2.24. The van der Waals surface area contributed by atoms with E-state index in [0.29, 0.717) is 6.61 Å². The van der Waals surface area contributed by atoms with Crippen LogP contribution < -0.4 is 0 Å². The molecule has 0 aromatic carbocycles. The quantitative estimate of drug-likeness (QED) is 0.613. The van der Waals surface area contributed by atoms with E-state index < -0.39 is 0 Å². The van der Waals surface area contributed by atoms with Gasteiger partial charge in [0.1, 0.15) is 0 Å². The van der Waals surface area contributed by atoms with Gasteiger partial charge in [-0.15, -0.1) is 0 Å². The van der Waals surface area contributed by atoms with Crippen molar-refractivity contribution in [2.75, 3.05) is 20.8 Å². The number of allylic oxidation sites excluding steroid dienone is 1. The molecule has 4 heteroatoms. The molecule has 0 amide bonds. The van der Waals surface area contributed by atoms with E-state index in [2.05, 4.69) is 0 Å². The summed E-state index contributed by atoms with van der Waals surface area (Å²) in [6.45, 7) is 0.560. The summed E-state index contributed by atoms with van der Waals surface area (Å²) in [5.41, 5.74) is 0.747. The third kappa shape index (κ3) is 1.35. The van der Waals surface area contributed by atoms with Gasteiger partial charge in [0, 0.05) is 24.5 Å². The maximum absolute atomic E-state index is 11.4. The minimum Gasteiger partial charge on any atom is -0.466 e. The first-order valence-electron chi connectivity index (χ1n) is 4.70. The van der Waals surface area contributed by atoms with Crippen molar-refractivity contribution in [1.29, 1.82) is 0 Å². The minimum absolute atomic E-state index is 0.160. The van der Waals surface area contributed by atoms with Gasteiger partial charge in [0.05, 0.1) is 13.7 Å². The second-order valence-electron chi connectivity index (χ2n) is 3.59. The van der Waals surface area contributed by atoms with Crippen LogP contribution in [-0.2, 0) is 19.0 Å². The van der Waals surface area contributed by atoms with E-state index in [1.54, 1.807) is 7.11 Å². The Bertz CT molecular complexity index is 271. The number of ether oxygens (including phenoxy) is 3. The second kappa shape index (κ2) is 3.71. The van der Waals surface area contributed by atoms with Crippen molar-refractivity contribution < 1.29 is 19.0 Å². The first kappa shape index (κ1) is 9.68. The van der Waals surface area contributed by atoms with Crippen molar-refractivity contribution >= 4 is 5.97 Å². The summed E-state index contributed by atoms with van der Waals surface area (Å²) in [5.74, 6) is 0.208. The Labute approximate surface area is 82.8 Å². The standard InChI is InChI=1S/C10H14O4/c1-12-9(11)6-3-4-7-8(6)5-14-10(7)13-2/h3,7-8,10H,4-5H2,1-2H3/t7-,8+,10+/m0/s1. The Hall–Kier alpha value is -0.870. The Morgan fingerprint density at radius 3 is 3.00 bits per heavy atom. The van der Waals surface area contributed by atoms with Crippen LogP contribution in [-0.4, -0.2) is 33.1 Å². The average molecular weight is 198 g/mol. The number of rotatable bonds is 2. The first-order chi connectivity index (χ1) is 6.77. The first-order valence-corrected chi connectivity index (χ1v) is 4.70. The highest BCUT2D eigenvalue weighted by molar-refractivity contribution is 5.89. The zero-order chi connectivity index (χ0) is 10.1. The number of fused-ring (bicyclic) bond motifs is 1. The van der Waals surface area contributed by atoms with Crippen molar-refractivity contribution in [3.05, 3.63) is 11.6 Å². The van der Waals surface area contributed by atoms with E-state index in [1.807, 2.05) is 6.08 Å². The Kier molecular flexibility index (Phi) is 2.56. The molecule has 4 nitrogen and oxygen atoms in total. The van der Waals surface area contributed by atoms with Crippen LogP contribution in [0.15, 0.2) is 11.6 Å². The third-order valence-corrected chi connectivity index (χ3v) is 2.97. The molecule has 0 unspecified atom stereocenters. The highest BCUT2D eigenvalue weighted by atomic mass is 16.7. The lowest BCUT2D eigenvalue weighted by Gasteiger charge is -2.15. The summed E-state index contributed by atoms with van der Waals surface area (Å²) in [5, 5.41) is 0. The van der Waals surface area contributed by atoms with Crippen molar-refractivity contribution in [3.63, 3.8) is 0 Å². The van der Waals surface area contributed by atoms with Crippen LogP contribution in [0, 0.1) is 11.8 Å². The summed E-state index contributed by atoms with van der Waals surface area (Å²) in [6.07, 6.45) is 2.61. The Morgan fingerprint density at radius 2 is 2.36 bits per heavy atom.